The van der Waals surface area contributed by atoms with Gasteiger partial charge in [0.2, 0.25) is 0 Å². The molecule has 0 aliphatic carbocycles. The van der Waals surface area contributed by atoms with Gasteiger partial charge in [-0.2, -0.15) is 0 Å². The molecule has 8 heteroatoms. The molecule has 7 nitrogen and oxygen atoms in total. The predicted molar refractivity (Wildman–Crippen MR) is 71.2 cm³/mol. The lowest BCUT2D eigenvalue weighted by molar-refractivity contribution is 0.0512. The lowest BCUT2D eigenvalue weighted by atomic mass is 9.76. The third-order valence-corrected chi connectivity index (χ3v) is 2.45. The van der Waals surface area contributed by atoms with Gasteiger partial charge in [0.25, 0.3) is 0 Å². The van der Waals surface area contributed by atoms with Crippen molar-refractivity contribution in [3.05, 3.63) is 29.3 Å². The summed E-state index contributed by atoms with van der Waals surface area (Å²) in [6.07, 6.45) is 0. The number of rotatable bonds is 6. The first kappa shape index (κ1) is 16.2. The highest BCUT2D eigenvalue weighted by Crippen LogP contribution is 2.07. The van der Waals surface area contributed by atoms with Crippen molar-refractivity contribution >= 4 is 24.5 Å². The number of carbonyl (C=O) groups is 2. The van der Waals surface area contributed by atoms with Gasteiger partial charge in [-0.3, -0.25) is 0 Å². The average Bonchev–Trinajstić information content (AvgIpc) is 2.46. The van der Waals surface area contributed by atoms with E-state index in [1.54, 1.807) is 13.8 Å². The Morgan fingerprint density at radius 3 is 2.35 bits per heavy atom. The van der Waals surface area contributed by atoms with Gasteiger partial charge in [-0.15, -0.1) is 0 Å². The van der Waals surface area contributed by atoms with Crippen molar-refractivity contribution < 1.29 is 28.8 Å². The summed E-state index contributed by atoms with van der Waals surface area (Å²) in [6.45, 7) is 3.71. The summed E-state index contributed by atoms with van der Waals surface area (Å²) in [5, 5.41) is 9.66. The number of carbonyl (C=O) groups excluding carboxylic acids is 2. The molecule has 0 atom stereocenters. The van der Waals surface area contributed by atoms with Crippen LogP contribution in [0.3, 0.4) is 0 Å². The van der Waals surface area contributed by atoms with E-state index in [4.69, 9.17) is 15.4 Å². The second-order valence-corrected chi connectivity index (χ2v) is 3.73. The molecule has 1 rings (SSSR count). The summed E-state index contributed by atoms with van der Waals surface area (Å²) in [6, 6.07) is 4.03. The summed E-state index contributed by atoms with van der Waals surface area (Å²) in [7, 11) is -1.55. The van der Waals surface area contributed by atoms with E-state index in [1.165, 1.54) is 18.2 Å². The maximum atomic E-state index is 11.7. The van der Waals surface area contributed by atoms with Gasteiger partial charge < -0.3 is 19.3 Å². The lowest BCUT2D eigenvalue weighted by Gasteiger charge is -2.11. The van der Waals surface area contributed by atoms with Gasteiger partial charge in [0.15, 0.2) is 0 Å². The number of hydrogen-bond acceptors (Lipinski definition) is 7. The molecule has 0 spiro atoms. The summed E-state index contributed by atoms with van der Waals surface area (Å²) in [4.78, 5) is 23.4. The van der Waals surface area contributed by atoms with Crippen molar-refractivity contribution in [2.45, 2.75) is 13.8 Å². The monoisotopic (exact) mass is 281 g/mol. The number of benzene rings is 1. The van der Waals surface area contributed by atoms with E-state index >= 15 is 0 Å². The molecule has 108 valence electrons. The van der Waals surface area contributed by atoms with Crippen molar-refractivity contribution in [1.82, 2.24) is 0 Å². The normalized spacial score (nSPS) is 10.0. The predicted octanol–water partition coefficient (Wildman–Crippen LogP) is -0.382. The zero-order valence-electron chi connectivity index (χ0n) is 11.3. The van der Waals surface area contributed by atoms with Crippen LogP contribution in [0.25, 0.3) is 0 Å². The first-order valence-electron chi connectivity index (χ1n) is 6.06. The lowest BCUT2D eigenvalue weighted by Crippen LogP contribution is -2.40. The molecule has 0 aromatic heterocycles. The number of esters is 2. The minimum Gasteiger partial charge on any atom is -0.462 e. The molecule has 0 aliphatic heterocycles. The molecule has 0 fully saturated rings. The maximum Gasteiger partial charge on any atom is 0.509 e. The van der Waals surface area contributed by atoms with E-state index in [2.05, 4.69) is 4.76 Å². The molecule has 1 aromatic rings. The van der Waals surface area contributed by atoms with Crippen molar-refractivity contribution in [1.29, 1.82) is 0 Å². The fourth-order valence-corrected chi connectivity index (χ4v) is 1.58. The quantitative estimate of drug-likeness (QED) is 0.415. The maximum absolute atomic E-state index is 11.7. The molecule has 0 radical (unpaired) electrons. The van der Waals surface area contributed by atoms with E-state index < -0.39 is 19.1 Å². The van der Waals surface area contributed by atoms with E-state index in [-0.39, 0.29) is 29.8 Å². The Kier molecular flexibility index (Phi) is 6.17. The van der Waals surface area contributed by atoms with Crippen LogP contribution in [0.2, 0.25) is 0 Å². The van der Waals surface area contributed by atoms with Gasteiger partial charge in [0, 0.05) is 0 Å². The Bertz CT molecular complexity index is 493. The molecular formula is C12H16BNO6. The molecule has 0 bridgehead atoms. The van der Waals surface area contributed by atoms with Gasteiger partial charge in [-0.25, -0.2) is 15.5 Å². The van der Waals surface area contributed by atoms with Crippen LogP contribution in [0.15, 0.2) is 18.2 Å². The fraction of sp³-hybridized carbons (Fsp3) is 0.333. The molecule has 3 N–H and O–H groups in total. The summed E-state index contributed by atoms with van der Waals surface area (Å²) in [5.41, 5.74) is 0.278. The first-order valence-corrected chi connectivity index (χ1v) is 6.06. The van der Waals surface area contributed by atoms with Gasteiger partial charge in [-0.05, 0) is 37.5 Å². The van der Waals surface area contributed by atoms with E-state index in [1.807, 2.05) is 0 Å². The molecule has 20 heavy (non-hydrogen) atoms. The smallest absolute Gasteiger partial charge is 0.462 e. The molecule has 0 saturated heterocycles. The second-order valence-electron chi connectivity index (χ2n) is 3.73. The van der Waals surface area contributed by atoms with Gasteiger partial charge in [0.1, 0.15) is 0 Å². The minimum absolute atomic E-state index is 0.0384. The summed E-state index contributed by atoms with van der Waals surface area (Å²) in [5.74, 6) is 3.69. The van der Waals surface area contributed by atoms with Crippen molar-refractivity contribution in [3.8, 4) is 0 Å². The van der Waals surface area contributed by atoms with Crippen molar-refractivity contribution in [3.63, 3.8) is 0 Å². The van der Waals surface area contributed by atoms with Crippen LogP contribution in [-0.4, -0.2) is 37.3 Å². The minimum atomic E-state index is -1.55. The Labute approximate surface area is 116 Å². The molecule has 0 heterocycles. The van der Waals surface area contributed by atoms with Gasteiger partial charge in [0.05, 0.1) is 24.3 Å². The van der Waals surface area contributed by atoms with E-state index in [0.717, 1.165) is 0 Å². The largest absolute Gasteiger partial charge is 0.509 e. The Balaban J connectivity index is 3.19. The van der Waals surface area contributed by atoms with Crippen LogP contribution in [0.1, 0.15) is 34.6 Å². The Hall–Kier alpha value is -1.90. The third kappa shape index (κ3) is 3.80. The fourth-order valence-electron chi connectivity index (χ4n) is 1.58. The van der Waals surface area contributed by atoms with E-state index in [0.29, 0.717) is 0 Å². The highest BCUT2D eigenvalue weighted by Gasteiger charge is 2.25. The summed E-state index contributed by atoms with van der Waals surface area (Å²) < 4.78 is 14.0. The molecule has 0 amide bonds. The van der Waals surface area contributed by atoms with Crippen molar-refractivity contribution in [2.75, 3.05) is 13.2 Å². The zero-order chi connectivity index (χ0) is 15.1. The van der Waals surface area contributed by atoms with E-state index in [9.17, 15) is 14.6 Å². The first-order chi connectivity index (χ1) is 9.54. The van der Waals surface area contributed by atoms with Gasteiger partial charge >= 0.3 is 19.1 Å². The van der Waals surface area contributed by atoms with Crippen LogP contribution >= 0.6 is 0 Å². The van der Waals surface area contributed by atoms with Crippen LogP contribution in [0, 0.1) is 0 Å². The molecular weight excluding hydrogens is 265 g/mol. The molecule has 0 aliphatic rings. The second kappa shape index (κ2) is 7.64. The number of hydrogen-bond donors (Lipinski definition) is 2. The standard InChI is InChI=1S/C12H16BNO6/c1-3-18-11(15)8-5-6-9(12(16)19-4-2)10(7-8)13(17)20-14/h5-7,17H,3-4,14H2,1-2H3. The zero-order valence-corrected chi connectivity index (χ0v) is 11.3. The van der Waals surface area contributed by atoms with Crippen LogP contribution in [0.4, 0.5) is 0 Å². The molecule has 1 aromatic carbocycles. The van der Waals surface area contributed by atoms with Crippen LogP contribution in [0.5, 0.6) is 0 Å². The SMILES string of the molecule is CCOC(=O)c1ccc(C(=O)OCC)c(B(O)ON)c1. The molecule has 0 unspecified atom stereocenters. The molecule has 0 saturated carbocycles. The highest BCUT2D eigenvalue weighted by atomic mass is 16.6. The van der Waals surface area contributed by atoms with Crippen LogP contribution < -0.4 is 11.4 Å². The Morgan fingerprint density at radius 2 is 1.80 bits per heavy atom. The van der Waals surface area contributed by atoms with Gasteiger partial charge in [-0.1, -0.05) is 0 Å². The highest BCUT2D eigenvalue weighted by molar-refractivity contribution is 6.61. The topological polar surface area (TPSA) is 108 Å². The Morgan fingerprint density at radius 1 is 1.20 bits per heavy atom. The average molecular weight is 281 g/mol. The number of nitrogens with two attached hydrogens (primary N) is 1. The third-order valence-electron chi connectivity index (χ3n) is 2.45. The number of ether oxygens (including phenoxy) is 2. The van der Waals surface area contributed by atoms with Crippen LogP contribution in [-0.2, 0) is 14.2 Å². The van der Waals surface area contributed by atoms with Crippen molar-refractivity contribution in [2.24, 2.45) is 5.90 Å². The summed E-state index contributed by atoms with van der Waals surface area (Å²) >= 11 is 0.